The highest BCUT2D eigenvalue weighted by molar-refractivity contribution is 5.87. The minimum absolute atomic E-state index is 0.272. The standard InChI is InChI=1S/C7H3F3N4O2/c8-7(9,10)4-5-11-1-3(6(15)16)2-14(5)13-12-4/h1-2H,(H,15,16). The lowest BCUT2D eigenvalue weighted by Crippen LogP contribution is -2.07. The summed E-state index contributed by atoms with van der Waals surface area (Å²) in [5, 5.41) is 14.6. The number of carboxylic acid groups (broad SMARTS) is 1. The van der Waals surface area contributed by atoms with Crippen molar-refractivity contribution in [1.29, 1.82) is 0 Å². The molecule has 0 amide bonds. The van der Waals surface area contributed by atoms with E-state index in [2.05, 4.69) is 15.3 Å². The van der Waals surface area contributed by atoms with Crippen LogP contribution in [-0.2, 0) is 6.18 Å². The third-order valence-corrected chi connectivity index (χ3v) is 1.77. The highest BCUT2D eigenvalue weighted by Crippen LogP contribution is 2.29. The van der Waals surface area contributed by atoms with Crippen LogP contribution in [0.5, 0.6) is 0 Å². The first kappa shape index (κ1) is 10.3. The minimum atomic E-state index is -4.67. The number of aromatic carboxylic acids is 1. The number of nitrogens with zero attached hydrogens (tertiary/aromatic N) is 4. The molecule has 0 aromatic carbocycles. The van der Waals surface area contributed by atoms with E-state index in [1.807, 2.05) is 0 Å². The second-order valence-corrected chi connectivity index (χ2v) is 2.85. The van der Waals surface area contributed by atoms with Gasteiger partial charge in [0.1, 0.15) is 0 Å². The molecule has 0 aliphatic rings. The Kier molecular flexibility index (Phi) is 2.04. The summed E-state index contributed by atoms with van der Waals surface area (Å²) in [7, 11) is 0. The summed E-state index contributed by atoms with van der Waals surface area (Å²) in [4.78, 5) is 13.9. The Morgan fingerprint density at radius 3 is 2.69 bits per heavy atom. The quantitative estimate of drug-likeness (QED) is 0.787. The largest absolute Gasteiger partial charge is 0.478 e. The Labute approximate surface area is 85.3 Å². The van der Waals surface area contributed by atoms with Gasteiger partial charge < -0.3 is 5.11 Å². The van der Waals surface area contributed by atoms with E-state index in [9.17, 15) is 18.0 Å². The molecule has 16 heavy (non-hydrogen) atoms. The van der Waals surface area contributed by atoms with E-state index in [1.54, 1.807) is 0 Å². The van der Waals surface area contributed by atoms with Crippen molar-refractivity contribution in [2.45, 2.75) is 6.18 Å². The number of aromatic nitrogens is 4. The van der Waals surface area contributed by atoms with Crippen LogP contribution in [0.2, 0.25) is 0 Å². The van der Waals surface area contributed by atoms with Crippen molar-refractivity contribution in [3.8, 4) is 0 Å². The Morgan fingerprint density at radius 2 is 2.12 bits per heavy atom. The van der Waals surface area contributed by atoms with Crippen LogP contribution in [0.4, 0.5) is 13.2 Å². The van der Waals surface area contributed by atoms with Gasteiger partial charge in [0.05, 0.1) is 5.56 Å². The molecule has 0 fully saturated rings. The molecule has 0 spiro atoms. The minimum Gasteiger partial charge on any atom is -0.478 e. The molecule has 2 aromatic heterocycles. The molecule has 2 heterocycles. The molecule has 0 aliphatic carbocycles. The van der Waals surface area contributed by atoms with E-state index in [4.69, 9.17) is 5.11 Å². The molecule has 0 bridgehead atoms. The fourth-order valence-corrected chi connectivity index (χ4v) is 1.09. The van der Waals surface area contributed by atoms with Gasteiger partial charge >= 0.3 is 12.1 Å². The van der Waals surface area contributed by atoms with E-state index in [0.717, 1.165) is 12.4 Å². The fourth-order valence-electron chi connectivity index (χ4n) is 1.09. The Hall–Kier alpha value is -2.19. The van der Waals surface area contributed by atoms with E-state index in [-0.39, 0.29) is 5.56 Å². The summed E-state index contributed by atoms with van der Waals surface area (Å²) in [5.74, 6) is -1.31. The maximum absolute atomic E-state index is 12.3. The second kappa shape index (κ2) is 3.15. The van der Waals surface area contributed by atoms with Gasteiger partial charge in [-0.15, -0.1) is 5.10 Å². The summed E-state index contributed by atoms with van der Waals surface area (Å²) >= 11 is 0. The number of hydrogen-bond donors (Lipinski definition) is 1. The zero-order valence-electron chi connectivity index (χ0n) is 7.43. The predicted octanol–water partition coefficient (Wildman–Crippen LogP) is 0.841. The lowest BCUT2D eigenvalue weighted by molar-refractivity contribution is -0.140. The van der Waals surface area contributed by atoms with Crippen molar-refractivity contribution >= 4 is 11.6 Å². The molecular formula is C7H3F3N4O2. The molecule has 2 rings (SSSR count). The van der Waals surface area contributed by atoms with Crippen molar-refractivity contribution in [3.63, 3.8) is 0 Å². The van der Waals surface area contributed by atoms with E-state index in [1.165, 1.54) is 0 Å². The lowest BCUT2D eigenvalue weighted by Gasteiger charge is -2.00. The van der Waals surface area contributed by atoms with Crippen LogP contribution >= 0.6 is 0 Å². The average molecular weight is 232 g/mol. The van der Waals surface area contributed by atoms with Gasteiger partial charge in [-0.25, -0.2) is 14.3 Å². The highest BCUT2D eigenvalue weighted by Gasteiger charge is 2.37. The summed E-state index contributed by atoms with van der Waals surface area (Å²) in [6.45, 7) is 0. The fraction of sp³-hybridized carbons (Fsp3) is 0.143. The Morgan fingerprint density at radius 1 is 1.44 bits per heavy atom. The van der Waals surface area contributed by atoms with Gasteiger partial charge in [-0.05, 0) is 0 Å². The molecule has 0 radical (unpaired) electrons. The zero-order valence-corrected chi connectivity index (χ0v) is 7.43. The monoisotopic (exact) mass is 232 g/mol. The van der Waals surface area contributed by atoms with Crippen LogP contribution in [0.1, 0.15) is 16.1 Å². The smallest absolute Gasteiger partial charge is 0.439 e. The topological polar surface area (TPSA) is 80.4 Å². The van der Waals surface area contributed by atoms with E-state index >= 15 is 0 Å². The predicted molar refractivity (Wildman–Crippen MR) is 42.7 cm³/mol. The number of rotatable bonds is 1. The third kappa shape index (κ3) is 1.55. The molecule has 0 saturated heterocycles. The van der Waals surface area contributed by atoms with Crippen LogP contribution < -0.4 is 0 Å². The number of carbonyl (C=O) groups is 1. The van der Waals surface area contributed by atoms with Gasteiger partial charge in [0.25, 0.3) is 0 Å². The second-order valence-electron chi connectivity index (χ2n) is 2.85. The van der Waals surface area contributed by atoms with Gasteiger partial charge in [0, 0.05) is 12.4 Å². The van der Waals surface area contributed by atoms with Gasteiger partial charge in [0.2, 0.25) is 5.69 Å². The number of alkyl halides is 3. The SMILES string of the molecule is O=C(O)c1cnc2c(C(F)(F)F)nnn2c1. The molecule has 1 N–H and O–H groups in total. The first-order chi connectivity index (χ1) is 7.39. The van der Waals surface area contributed by atoms with Crippen LogP contribution in [0.15, 0.2) is 12.4 Å². The number of hydrogen-bond acceptors (Lipinski definition) is 4. The molecule has 9 heteroatoms. The van der Waals surface area contributed by atoms with Gasteiger partial charge in [0.15, 0.2) is 5.65 Å². The van der Waals surface area contributed by atoms with Crippen molar-refractivity contribution in [3.05, 3.63) is 23.7 Å². The Balaban J connectivity index is 2.64. The van der Waals surface area contributed by atoms with E-state index < -0.39 is 23.5 Å². The molecular weight excluding hydrogens is 229 g/mol. The molecule has 0 unspecified atom stereocenters. The number of carboxylic acids is 1. The van der Waals surface area contributed by atoms with Crippen molar-refractivity contribution in [2.75, 3.05) is 0 Å². The van der Waals surface area contributed by atoms with Crippen LogP contribution in [0, 0.1) is 0 Å². The van der Waals surface area contributed by atoms with Gasteiger partial charge in [-0.1, -0.05) is 5.21 Å². The molecule has 2 aromatic rings. The van der Waals surface area contributed by atoms with Crippen molar-refractivity contribution in [2.24, 2.45) is 0 Å². The van der Waals surface area contributed by atoms with Gasteiger partial charge in [-0.2, -0.15) is 13.2 Å². The first-order valence-corrected chi connectivity index (χ1v) is 3.91. The maximum Gasteiger partial charge on any atom is 0.439 e. The summed E-state index contributed by atoms with van der Waals surface area (Å²) in [6, 6.07) is 0. The summed E-state index contributed by atoms with van der Waals surface area (Å²) < 4.78 is 37.7. The maximum atomic E-state index is 12.3. The zero-order chi connectivity index (χ0) is 11.9. The Bertz CT molecular complexity index is 562. The number of halogens is 3. The molecule has 0 aliphatic heterocycles. The molecule has 84 valence electrons. The molecule has 6 nitrogen and oxygen atoms in total. The normalized spacial score (nSPS) is 11.9. The van der Waals surface area contributed by atoms with Gasteiger partial charge in [-0.3, -0.25) is 0 Å². The van der Waals surface area contributed by atoms with Crippen molar-refractivity contribution < 1.29 is 23.1 Å². The third-order valence-electron chi connectivity index (χ3n) is 1.77. The molecule has 0 saturated carbocycles. The number of fused-ring (bicyclic) bond motifs is 1. The van der Waals surface area contributed by atoms with Crippen molar-refractivity contribution in [1.82, 2.24) is 19.8 Å². The highest BCUT2D eigenvalue weighted by atomic mass is 19.4. The first-order valence-electron chi connectivity index (χ1n) is 3.91. The van der Waals surface area contributed by atoms with Crippen LogP contribution in [-0.4, -0.2) is 30.9 Å². The van der Waals surface area contributed by atoms with Crippen LogP contribution in [0.25, 0.3) is 5.65 Å². The summed E-state index contributed by atoms with van der Waals surface area (Å²) in [6.07, 6.45) is -2.94. The lowest BCUT2D eigenvalue weighted by atomic mass is 10.3. The van der Waals surface area contributed by atoms with Crippen LogP contribution in [0.3, 0.4) is 0 Å². The van der Waals surface area contributed by atoms with E-state index in [0.29, 0.717) is 4.52 Å². The summed E-state index contributed by atoms with van der Waals surface area (Å²) in [5.41, 5.74) is -2.05. The molecule has 0 atom stereocenters. The average Bonchev–Trinajstić information content (AvgIpc) is 2.58.